The third-order valence-corrected chi connectivity index (χ3v) is 7.64. The number of benzene rings is 1. The van der Waals surface area contributed by atoms with Crippen molar-refractivity contribution < 1.29 is 53.7 Å². The van der Waals surface area contributed by atoms with Crippen LogP contribution in [-0.2, 0) is 44.8 Å². The number of guanidine groups is 1. The van der Waals surface area contributed by atoms with E-state index in [1.807, 2.05) is 0 Å². The summed E-state index contributed by atoms with van der Waals surface area (Å²) in [6.07, 6.45) is 6.64. The number of terminal acetylenes is 1. The molecule has 1 aromatic carbocycles. The van der Waals surface area contributed by atoms with Crippen LogP contribution >= 0.6 is 0 Å². The van der Waals surface area contributed by atoms with Crippen LogP contribution < -0.4 is 43.4 Å². The van der Waals surface area contributed by atoms with E-state index >= 15 is 0 Å². The average molecular weight is 774 g/mol. The van der Waals surface area contributed by atoms with Gasteiger partial charge in [0.2, 0.25) is 35.4 Å². The van der Waals surface area contributed by atoms with Crippen molar-refractivity contribution in [3.8, 4) is 18.1 Å². The molecule has 1 saturated heterocycles. The van der Waals surface area contributed by atoms with Crippen LogP contribution in [0.2, 0.25) is 0 Å². The minimum absolute atomic E-state index is 0.0352. The van der Waals surface area contributed by atoms with Crippen LogP contribution in [0.15, 0.2) is 29.3 Å². The molecule has 1 aliphatic heterocycles. The Bertz CT molecular complexity index is 1550. The third kappa shape index (κ3) is 21.0. The van der Waals surface area contributed by atoms with E-state index in [0.717, 1.165) is 6.92 Å². The van der Waals surface area contributed by atoms with Crippen molar-refractivity contribution in [1.29, 1.82) is 0 Å². The Morgan fingerprint density at radius 1 is 0.836 bits per heavy atom. The first kappa shape index (κ1) is 46.6. The van der Waals surface area contributed by atoms with Gasteiger partial charge in [0.05, 0.1) is 13.0 Å². The summed E-state index contributed by atoms with van der Waals surface area (Å²) in [5, 5.41) is 41.7. The Balaban J connectivity index is 0.00000359. The Labute approximate surface area is 318 Å². The second-order valence-corrected chi connectivity index (χ2v) is 12.4. The zero-order valence-corrected chi connectivity index (χ0v) is 30.6. The first-order valence-corrected chi connectivity index (χ1v) is 17.4. The number of rotatable bonds is 16. The molecule has 20 heteroatoms. The van der Waals surface area contributed by atoms with Gasteiger partial charge >= 0.3 is 5.97 Å². The smallest absolute Gasteiger partial charge is 0.305 e. The topological polar surface area (TPSA) is 334 Å². The summed E-state index contributed by atoms with van der Waals surface area (Å²) in [7, 11) is 0. The Kier molecular flexibility index (Phi) is 21.7. The highest BCUT2D eigenvalue weighted by Crippen LogP contribution is 2.13. The SMILES string of the molecule is C#CCCCC(=O)NCCCC[C@@H]1NC(=O)[C@@H](Cc2ccc(O)cc2)NC(=O)[C@H](CC(=O)O)NC(=O)CNC(=O)[C@H](CCCN=C(N)N)NC1=O.CC(=O)O. The van der Waals surface area contributed by atoms with E-state index < -0.39 is 78.6 Å². The molecule has 0 spiro atoms. The van der Waals surface area contributed by atoms with Crippen molar-refractivity contribution in [1.82, 2.24) is 31.9 Å². The number of aliphatic imine (C=N–C) groups is 1. The summed E-state index contributed by atoms with van der Waals surface area (Å²) in [4.78, 5) is 103. The van der Waals surface area contributed by atoms with Crippen LogP contribution in [0.1, 0.15) is 70.3 Å². The number of amides is 6. The number of phenolic OH excluding ortho intramolecular Hbond substituents is 1. The van der Waals surface area contributed by atoms with Crippen molar-refractivity contribution in [2.45, 2.75) is 95.3 Å². The molecule has 4 atom stereocenters. The monoisotopic (exact) mass is 773 g/mol. The number of carbonyl (C=O) groups is 8. The summed E-state index contributed by atoms with van der Waals surface area (Å²) in [6, 6.07) is 0.344. The van der Waals surface area contributed by atoms with Gasteiger partial charge in [0.25, 0.3) is 5.97 Å². The first-order chi connectivity index (χ1) is 26.0. The lowest BCUT2D eigenvalue weighted by Crippen LogP contribution is -2.58. The normalized spacial score (nSPS) is 19.1. The fourth-order valence-corrected chi connectivity index (χ4v) is 5.00. The van der Waals surface area contributed by atoms with Crippen LogP contribution in [0.5, 0.6) is 5.75 Å². The number of carboxylic acid groups (broad SMARTS) is 2. The summed E-state index contributed by atoms with van der Waals surface area (Å²) in [5.41, 5.74) is 11.3. The van der Waals surface area contributed by atoms with Crippen LogP contribution in [0.4, 0.5) is 0 Å². The maximum atomic E-state index is 13.8. The van der Waals surface area contributed by atoms with E-state index in [0.29, 0.717) is 37.8 Å². The second-order valence-electron chi connectivity index (χ2n) is 12.4. The van der Waals surface area contributed by atoms with Gasteiger partial charge in [-0.25, -0.2) is 0 Å². The van der Waals surface area contributed by atoms with Crippen LogP contribution in [0.25, 0.3) is 0 Å². The lowest BCUT2D eigenvalue weighted by molar-refractivity contribution is -0.141. The molecular formula is C35H51N9O11. The standard InChI is InChI=1S/C33H47N9O9.C2H4O2/c1-2-3-4-10-26(44)36-15-6-5-8-23-30(49)40-22(9-7-16-37-33(34)35)29(48)38-19-27(45)39-25(18-28(46)47)32(51)42-24(31(50)41-23)17-20-11-13-21(43)14-12-20;1-2(3)4/h1,11-14,22-25,43H,3-10,15-19H2,(H,36,44)(H,38,48)(H,39,45)(H,40,49)(H,41,50)(H,42,51)(H,46,47)(H4,34,35,37);1H3,(H,3,4)/t22-,23-,24+,25-;/m0./s1. The van der Waals surface area contributed by atoms with E-state index in [-0.39, 0.29) is 56.3 Å². The highest BCUT2D eigenvalue weighted by molar-refractivity contribution is 5.98. The number of aliphatic carboxylic acids is 2. The van der Waals surface area contributed by atoms with Gasteiger partial charge in [0.15, 0.2) is 5.96 Å². The number of hydrogen-bond acceptors (Lipinski definition) is 10. The molecule has 0 aromatic heterocycles. The predicted molar refractivity (Wildman–Crippen MR) is 198 cm³/mol. The summed E-state index contributed by atoms with van der Waals surface area (Å²) in [6.45, 7) is 0.841. The van der Waals surface area contributed by atoms with E-state index in [1.54, 1.807) is 0 Å². The molecule has 13 N–H and O–H groups in total. The maximum absolute atomic E-state index is 13.8. The number of nitrogens with two attached hydrogens (primary N) is 2. The summed E-state index contributed by atoms with van der Waals surface area (Å²) >= 11 is 0. The van der Waals surface area contributed by atoms with Crippen LogP contribution in [0.3, 0.4) is 0 Å². The maximum Gasteiger partial charge on any atom is 0.305 e. The van der Waals surface area contributed by atoms with Gasteiger partial charge in [-0.15, -0.1) is 12.3 Å². The van der Waals surface area contributed by atoms with Crippen molar-refractivity contribution in [2.24, 2.45) is 16.5 Å². The summed E-state index contributed by atoms with van der Waals surface area (Å²) < 4.78 is 0. The van der Waals surface area contributed by atoms with Gasteiger partial charge in [-0.3, -0.25) is 43.3 Å². The Morgan fingerprint density at radius 2 is 1.40 bits per heavy atom. The molecule has 0 unspecified atom stereocenters. The number of carboxylic acids is 2. The van der Waals surface area contributed by atoms with Gasteiger partial charge in [-0.2, -0.15) is 0 Å². The van der Waals surface area contributed by atoms with Gasteiger partial charge < -0.3 is 58.7 Å². The second kappa shape index (κ2) is 25.6. The number of aromatic hydroxyl groups is 1. The van der Waals surface area contributed by atoms with Crippen LogP contribution in [-0.4, -0.2) is 112 Å². The van der Waals surface area contributed by atoms with Crippen molar-refractivity contribution in [3.05, 3.63) is 29.8 Å². The molecule has 20 nitrogen and oxygen atoms in total. The van der Waals surface area contributed by atoms with Gasteiger partial charge in [-0.1, -0.05) is 12.1 Å². The quantitative estimate of drug-likeness (QED) is 0.0365. The molecule has 0 bridgehead atoms. The zero-order valence-electron chi connectivity index (χ0n) is 30.6. The van der Waals surface area contributed by atoms with Crippen molar-refractivity contribution >= 4 is 53.3 Å². The van der Waals surface area contributed by atoms with Crippen molar-refractivity contribution in [3.63, 3.8) is 0 Å². The Morgan fingerprint density at radius 3 is 2.00 bits per heavy atom. The number of unbranched alkanes of at least 4 members (excludes halogenated alkanes) is 2. The van der Waals surface area contributed by atoms with E-state index in [2.05, 4.69) is 42.8 Å². The molecule has 0 radical (unpaired) electrons. The number of nitrogens with one attached hydrogen (secondary N) is 6. The number of phenols is 1. The minimum Gasteiger partial charge on any atom is -0.508 e. The predicted octanol–water partition coefficient (Wildman–Crippen LogP) is -2.29. The molecule has 1 fully saturated rings. The molecule has 2 rings (SSSR count). The Hall–Kier alpha value is -6.39. The first-order valence-electron chi connectivity index (χ1n) is 17.4. The molecule has 302 valence electrons. The molecule has 1 aliphatic rings. The van der Waals surface area contributed by atoms with Crippen LogP contribution in [0, 0.1) is 12.3 Å². The molecule has 1 aromatic rings. The van der Waals surface area contributed by atoms with Crippen molar-refractivity contribution in [2.75, 3.05) is 19.6 Å². The van der Waals surface area contributed by atoms with E-state index in [4.69, 9.17) is 27.8 Å². The lowest BCUT2D eigenvalue weighted by Gasteiger charge is -2.26. The summed E-state index contributed by atoms with van der Waals surface area (Å²) in [5.74, 6) is -4.39. The van der Waals surface area contributed by atoms with Gasteiger partial charge in [0.1, 0.15) is 29.9 Å². The molecule has 0 saturated carbocycles. The average Bonchev–Trinajstić information content (AvgIpc) is 3.10. The molecule has 1 heterocycles. The fraction of sp³-hybridized carbons (Fsp3) is 0.514. The number of hydrogen-bond donors (Lipinski definition) is 11. The van der Waals surface area contributed by atoms with Gasteiger partial charge in [0, 0.05) is 39.3 Å². The van der Waals surface area contributed by atoms with E-state index in [9.17, 15) is 43.8 Å². The van der Waals surface area contributed by atoms with Gasteiger partial charge in [-0.05, 0) is 56.2 Å². The highest BCUT2D eigenvalue weighted by Gasteiger charge is 2.33. The molecule has 0 aliphatic carbocycles. The molecule has 6 amide bonds. The lowest BCUT2D eigenvalue weighted by atomic mass is 10.0. The molecular weight excluding hydrogens is 722 g/mol. The minimum atomic E-state index is -1.63. The zero-order chi connectivity index (χ0) is 41.3. The number of nitrogens with zero attached hydrogens (tertiary/aromatic N) is 1. The number of carbonyl (C=O) groups excluding carboxylic acids is 6. The molecule has 55 heavy (non-hydrogen) atoms. The largest absolute Gasteiger partial charge is 0.508 e. The fourth-order valence-electron chi connectivity index (χ4n) is 5.00. The highest BCUT2D eigenvalue weighted by atomic mass is 16.4. The third-order valence-electron chi connectivity index (χ3n) is 7.64. The van der Waals surface area contributed by atoms with E-state index in [1.165, 1.54) is 24.3 Å².